The second kappa shape index (κ2) is 10.2. The summed E-state index contributed by atoms with van der Waals surface area (Å²) in [5, 5.41) is 21.1. The summed E-state index contributed by atoms with van der Waals surface area (Å²) in [6.45, 7) is 5.26. The van der Waals surface area contributed by atoms with Crippen LogP contribution in [0.4, 0.5) is 5.69 Å². The maximum atomic E-state index is 13.4. The number of phenolic OH excluding ortho intramolecular Hbond substituents is 1. The van der Waals surface area contributed by atoms with Crippen molar-refractivity contribution in [1.29, 1.82) is 0 Å². The summed E-state index contributed by atoms with van der Waals surface area (Å²) < 4.78 is 10.6. The number of ketones is 1. The highest BCUT2D eigenvalue weighted by molar-refractivity contribution is 6.51. The number of aryl methyl sites for hydroxylation is 1. The molecule has 1 atom stereocenters. The van der Waals surface area contributed by atoms with Crippen molar-refractivity contribution in [1.82, 2.24) is 0 Å². The van der Waals surface area contributed by atoms with E-state index in [4.69, 9.17) is 9.47 Å². The number of anilines is 1. The van der Waals surface area contributed by atoms with E-state index in [1.807, 2.05) is 0 Å². The van der Waals surface area contributed by atoms with Crippen molar-refractivity contribution >= 4 is 29.1 Å². The van der Waals surface area contributed by atoms with Crippen LogP contribution in [0.3, 0.4) is 0 Å². The average Bonchev–Trinajstić information content (AvgIpc) is 3.14. The summed E-state index contributed by atoms with van der Waals surface area (Å²) in [7, 11) is 1.53. The van der Waals surface area contributed by atoms with Gasteiger partial charge in [-0.1, -0.05) is 18.2 Å². The van der Waals surface area contributed by atoms with E-state index in [1.54, 1.807) is 69.3 Å². The highest BCUT2D eigenvalue weighted by atomic mass is 16.5. The van der Waals surface area contributed by atoms with Gasteiger partial charge in [0.2, 0.25) is 0 Å². The van der Waals surface area contributed by atoms with E-state index in [1.165, 1.54) is 30.2 Å². The molecule has 8 heteroatoms. The van der Waals surface area contributed by atoms with E-state index in [9.17, 15) is 24.6 Å². The number of ether oxygens (including phenoxy) is 2. The van der Waals surface area contributed by atoms with Crippen LogP contribution in [0.5, 0.6) is 11.5 Å². The van der Waals surface area contributed by atoms with Crippen LogP contribution in [-0.4, -0.2) is 41.1 Å². The fourth-order valence-electron chi connectivity index (χ4n) is 4.32. The summed E-state index contributed by atoms with van der Waals surface area (Å²) in [6.07, 6.45) is -0.338. The van der Waals surface area contributed by atoms with Gasteiger partial charge >= 0.3 is 5.97 Å². The van der Waals surface area contributed by atoms with Gasteiger partial charge in [0.1, 0.15) is 17.3 Å². The number of hydrogen-bond donors (Lipinski definition) is 2. The number of aliphatic hydroxyl groups excluding tert-OH is 1. The molecule has 0 aliphatic carbocycles. The van der Waals surface area contributed by atoms with Gasteiger partial charge in [-0.25, -0.2) is 4.79 Å². The van der Waals surface area contributed by atoms with Crippen LogP contribution in [0.25, 0.3) is 5.76 Å². The predicted molar refractivity (Wildman–Crippen MR) is 138 cm³/mol. The lowest BCUT2D eigenvalue weighted by Crippen LogP contribution is -2.29. The van der Waals surface area contributed by atoms with Crippen LogP contribution in [0.2, 0.25) is 0 Å². The number of carbonyl (C=O) groups is 3. The standard InChI is InChI=1S/C29H27NO7/c1-16(2)37-29(35)20-6-5-7-21(15-20)30-25(18-8-11-22(31)12-9-18)24(27(33)28(30)34)26(32)19-10-13-23(36-4)17(3)14-19/h5-16,25,31-32H,1-4H3/b26-24+. The van der Waals surface area contributed by atoms with Crippen molar-refractivity contribution < 1.29 is 34.1 Å². The van der Waals surface area contributed by atoms with Gasteiger partial charge in [0, 0.05) is 11.3 Å². The Morgan fingerprint density at radius 2 is 1.68 bits per heavy atom. The van der Waals surface area contributed by atoms with Crippen LogP contribution in [0, 0.1) is 6.92 Å². The summed E-state index contributed by atoms with van der Waals surface area (Å²) in [4.78, 5) is 40.5. The quantitative estimate of drug-likeness (QED) is 0.214. The van der Waals surface area contributed by atoms with Gasteiger partial charge in [0.25, 0.3) is 11.7 Å². The van der Waals surface area contributed by atoms with E-state index in [2.05, 4.69) is 0 Å². The fraction of sp³-hybridized carbons (Fsp3) is 0.207. The van der Waals surface area contributed by atoms with Crippen LogP contribution in [0.1, 0.15) is 46.9 Å². The Labute approximate surface area is 214 Å². The molecular formula is C29H27NO7. The topological polar surface area (TPSA) is 113 Å². The Hall–Kier alpha value is -4.59. The minimum atomic E-state index is -1.01. The summed E-state index contributed by atoms with van der Waals surface area (Å²) in [6, 6.07) is 16.1. The van der Waals surface area contributed by atoms with Crippen molar-refractivity contribution in [2.24, 2.45) is 0 Å². The fourth-order valence-corrected chi connectivity index (χ4v) is 4.32. The Bertz CT molecular complexity index is 1410. The lowest BCUT2D eigenvalue weighted by atomic mass is 9.94. The van der Waals surface area contributed by atoms with E-state index in [0.717, 1.165) is 5.56 Å². The maximum Gasteiger partial charge on any atom is 0.338 e. The monoisotopic (exact) mass is 501 g/mol. The van der Waals surface area contributed by atoms with Crippen LogP contribution in [0.15, 0.2) is 72.3 Å². The second-order valence-electron chi connectivity index (χ2n) is 8.95. The Morgan fingerprint density at radius 1 is 0.973 bits per heavy atom. The number of aromatic hydroxyl groups is 1. The van der Waals surface area contributed by atoms with E-state index < -0.39 is 23.7 Å². The molecule has 1 fully saturated rings. The van der Waals surface area contributed by atoms with Crippen LogP contribution >= 0.6 is 0 Å². The summed E-state index contributed by atoms with van der Waals surface area (Å²) >= 11 is 0. The number of benzene rings is 3. The minimum absolute atomic E-state index is 0.00455. The van der Waals surface area contributed by atoms with Crippen molar-refractivity contribution in [3.8, 4) is 11.5 Å². The zero-order valence-corrected chi connectivity index (χ0v) is 20.9. The molecule has 0 spiro atoms. The first-order valence-electron chi connectivity index (χ1n) is 11.7. The number of hydrogen-bond acceptors (Lipinski definition) is 7. The van der Waals surface area contributed by atoms with E-state index in [0.29, 0.717) is 16.9 Å². The lowest BCUT2D eigenvalue weighted by Gasteiger charge is -2.26. The molecule has 37 heavy (non-hydrogen) atoms. The molecule has 1 saturated heterocycles. The number of esters is 1. The first-order valence-corrected chi connectivity index (χ1v) is 11.7. The highest BCUT2D eigenvalue weighted by Gasteiger charge is 2.47. The van der Waals surface area contributed by atoms with E-state index >= 15 is 0 Å². The number of amides is 1. The predicted octanol–water partition coefficient (Wildman–Crippen LogP) is 4.90. The molecule has 1 amide bonds. The lowest BCUT2D eigenvalue weighted by molar-refractivity contribution is -0.132. The number of aliphatic hydroxyl groups is 1. The molecule has 0 radical (unpaired) electrons. The number of phenols is 1. The molecule has 3 aromatic carbocycles. The Kier molecular flexibility index (Phi) is 7.02. The molecule has 1 aliphatic heterocycles. The normalized spacial score (nSPS) is 16.8. The van der Waals surface area contributed by atoms with Crippen LogP contribution < -0.4 is 9.64 Å². The minimum Gasteiger partial charge on any atom is -0.508 e. The third-order valence-electron chi connectivity index (χ3n) is 6.02. The zero-order valence-electron chi connectivity index (χ0n) is 20.9. The summed E-state index contributed by atoms with van der Waals surface area (Å²) in [5.41, 5.74) is 1.94. The van der Waals surface area contributed by atoms with Gasteiger partial charge in [-0.05, 0) is 80.4 Å². The van der Waals surface area contributed by atoms with Gasteiger partial charge in [-0.15, -0.1) is 0 Å². The average molecular weight is 502 g/mol. The molecule has 0 bridgehead atoms. The van der Waals surface area contributed by atoms with Gasteiger partial charge in [-0.3, -0.25) is 14.5 Å². The Balaban J connectivity index is 1.89. The smallest absolute Gasteiger partial charge is 0.338 e. The molecule has 1 heterocycles. The van der Waals surface area contributed by atoms with Crippen LogP contribution in [-0.2, 0) is 14.3 Å². The number of methoxy groups -OCH3 is 1. The van der Waals surface area contributed by atoms with Gasteiger partial charge in [0.05, 0.1) is 30.4 Å². The van der Waals surface area contributed by atoms with E-state index in [-0.39, 0.29) is 34.4 Å². The zero-order chi connectivity index (χ0) is 26.9. The maximum absolute atomic E-state index is 13.4. The van der Waals surface area contributed by atoms with Gasteiger partial charge in [0.15, 0.2) is 0 Å². The molecule has 3 aromatic rings. The van der Waals surface area contributed by atoms with Gasteiger partial charge in [-0.2, -0.15) is 0 Å². The highest BCUT2D eigenvalue weighted by Crippen LogP contribution is 2.43. The first kappa shape index (κ1) is 25.5. The third-order valence-corrected chi connectivity index (χ3v) is 6.02. The van der Waals surface area contributed by atoms with Crippen molar-refractivity contribution in [2.75, 3.05) is 12.0 Å². The van der Waals surface area contributed by atoms with Crippen molar-refractivity contribution in [3.05, 3.63) is 94.6 Å². The Morgan fingerprint density at radius 3 is 2.30 bits per heavy atom. The molecule has 8 nitrogen and oxygen atoms in total. The first-order chi connectivity index (χ1) is 17.6. The molecule has 4 rings (SSSR count). The van der Waals surface area contributed by atoms with Crippen molar-refractivity contribution in [2.45, 2.75) is 32.9 Å². The third kappa shape index (κ3) is 4.91. The van der Waals surface area contributed by atoms with Gasteiger partial charge < -0.3 is 19.7 Å². The largest absolute Gasteiger partial charge is 0.508 e. The molecule has 0 aromatic heterocycles. The molecule has 0 saturated carbocycles. The molecule has 1 unspecified atom stereocenters. The SMILES string of the molecule is COc1ccc(/C(O)=C2\C(=O)C(=O)N(c3cccc(C(=O)OC(C)C)c3)C2c2ccc(O)cc2)cc1C. The molecule has 1 aliphatic rings. The molecular weight excluding hydrogens is 474 g/mol. The number of nitrogens with zero attached hydrogens (tertiary/aromatic N) is 1. The molecule has 190 valence electrons. The second-order valence-corrected chi connectivity index (χ2v) is 8.95. The number of rotatable bonds is 6. The molecule has 2 N–H and O–H groups in total. The summed E-state index contributed by atoms with van der Waals surface area (Å²) in [5.74, 6) is -2.04. The van der Waals surface area contributed by atoms with Crippen molar-refractivity contribution in [3.63, 3.8) is 0 Å². The number of carbonyl (C=O) groups excluding carboxylic acids is 3. The number of Topliss-reactive ketones (excluding diaryl/α,β-unsaturated/α-hetero) is 1.